The van der Waals surface area contributed by atoms with Crippen molar-refractivity contribution in [2.75, 3.05) is 13.2 Å². The fourth-order valence-electron chi connectivity index (χ4n) is 3.48. The minimum absolute atomic E-state index is 0.114. The Kier molecular flexibility index (Phi) is 5.98. The highest BCUT2D eigenvalue weighted by Crippen LogP contribution is 2.36. The Balaban J connectivity index is 1.25. The maximum atomic E-state index is 9.31. The molecule has 0 bridgehead atoms. The summed E-state index contributed by atoms with van der Waals surface area (Å²) in [5, 5.41) is 27.4. The van der Waals surface area contributed by atoms with Crippen molar-refractivity contribution in [3.05, 3.63) is 77.9 Å². The summed E-state index contributed by atoms with van der Waals surface area (Å²) in [5.74, 6) is 2.22. The van der Waals surface area contributed by atoms with E-state index in [1.807, 2.05) is 54.6 Å². The van der Waals surface area contributed by atoms with Crippen LogP contribution in [-0.4, -0.2) is 34.6 Å². The van der Waals surface area contributed by atoms with E-state index in [1.165, 1.54) is 11.8 Å². The van der Waals surface area contributed by atoms with Crippen LogP contribution in [0.5, 0.6) is 11.5 Å². The molecule has 1 aromatic heterocycles. The first kappa shape index (κ1) is 21.1. The fourth-order valence-corrected chi connectivity index (χ4v) is 4.20. The monoisotopic (exact) mass is 457 g/mol. The van der Waals surface area contributed by atoms with E-state index < -0.39 is 0 Å². The van der Waals surface area contributed by atoms with Gasteiger partial charge in [-0.2, -0.15) is 5.26 Å². The number of aliphatic hydroxyl groups excluding tert-OH is 1. The third kappa shape index (κ3) is 4.55. The van der Waals surface area contributed by atoms with Gasteiger partial charge in [-0.05, 0) is 41.0 Å². The predicted molar refractivity (Wildman–Crippen MR) is 123 cm³/mol. The number of aliphatic hydroxyl groups is 1. The molecule has 3 aromatic carbocycles. The van der Waals surface area contributed by atoms with E-state index in [0.29, 0.717) is 40.5 Å². The Morgan fingerprint density at radius 1 is 1.00 bits per heavy atom. The molecule has 0 aliphatic carbocycles. The zero-order valence-electron chi connectivity index (χ0n) is 17.5. The van der Waals surface area contributed by atoms with Gasteiger partial charge in [-0.15, -0.1) is 10.2 Å². The second-order valence-corrected chi connectivity index (χ2v) is 8.34. The summed E-state index contributed by atoms with van der Waals surface area (Å²) in [7, 11) is 0. The van der Waals surface area contributed by atoms with E-state index in [4.69, 9.17) is 13.9 Å². The molecule has 1 aliphatic heterocycles. The van der Waals surface area contributed by atoms with Crippen molar-refractivity contribution in [3.8, 4) is 40.1 Å². The number of aromatic nitrogens is 2. The smallest absolute Gasteiger partial charge is 0.277 e. The predicted octanol–water partition coefficient (Wildman–Crippen LogP) is 4.70. The highest BCUT2D eigenvalue weighted by atomic mass is 32.2. The average molecular weight is 458 g/mol. The van der Waals surface area contributed by atoms with Gasteiger partial charge in [0.2, 0.25) is 5.89 Å². The second kappa shape index (κ2) is 9.36. The highest BCUT2D eigenvalue weighted by molar-refractivity contribution is 7.98. The molecule has 0 radical (unpaired) electrons. The lowest BCUT2D eigenvalue weighted by atomic mass is 10.00. The molecular weight excluding hydrogens is 438 g/mol. The quantitative estimate of drug-likeness (QED) is 0.416. The Bertz CT molecular complexity index is 1310. The Hall–Kier alpha value is -3.80. The first-order chi connectivity index (χ1) is 16.2. The summed E-state index contributed by atoms with van der Waals surface area (Å²) >= 11 is 1.45. The first-order valence-corrected chi connectivity index (χ1v) is 11.3. The van der Waals surface area contributed by atoms with E-state index in [-0.39, 0.29) is 12.7 Å². The van der Waals surface area contributed by atoms with Crippen molar-refractivity contribution in [3.63, 3.8) is 0 Å². The van der Waals surface area contributed by atoms with E-state index >= 15 is 0 Å². The van der Waals surface area contributed by atoms with Crippen molar-refractivity contribution in [2.45, 2.75) is 17.1 Å². The van der Waals surface area contributed by atoms with Gasteiger partial charge >= 0.3 is 0 Å². The summed E-state index contributed by atoms with van der Waals surface area (Å²) in [4.78, 5) is 0. The van der Waals surface area contributed by atoms with Crippen molar-refractivity contribution in [1.82, 2.24) is 10.2 Å². The van der Waals surface area contributed by atoms with Crippen molar-refractivity contribution < 1.29 is 19.0 Å². The van der Waals surface area contributed by atoms with Gasteiger partial charge in [0.05, 0.1) is 18.2 Å². The van der Waals surface area contributed by atoms with E-state index in [2.05, 4.69) is 16.3 Å². The second-order valence-electron chi connectivity index (χ2n) is 7.41. The minimum Gasteiger partial charge on any atom is -0.486 e. The summed E-state index contributed by atoms with van der Waals surface area (Å²) in [6.45, 7) is 0.201. The molecule has 0 saturated carbocycles. The number of thioether (sulfide) groups is 1. The van der Waals surface area contributed by atoms with Gasteiger partial charge in [0.15, 0.2) is 17.6 Å². The number of nitriles is 1. The lowest BCUT2D eigenvalue weighted by Crippen LogP contribution is -2.32. The lowest BCUT2D eigenvalue weighted by Gasteiger charge is -2.25. The standard InChI is InChI=1S/C25H19N3O4S/c26-12-19-3-1-2-4-21(19)17-7-5-16(6-8-17)15-33-25-28-27-24(32-25)18-9-10-22-23(11-18)31-20(13-29)14-30-22/h1-11,20,29H,13-15H2/t20-/m1/s1. The van der Waals surface area contributed by atoms with Crippen LogP contribution in [0.15, 0.2) is 76.4 Å². The van der Waals surface area contributed by atoms with Crippen LogP contribution in [0.4, 0.5) is 0 Å². The largest absolute Gasteiger partial charge is 0.486 e. The molecule has 0 unspecified atom stereocenters. The number of rotatable bonds is 6. The van der Waals surface area contributed by atoms with Crippen LogP contribution in [-0.2, 0) is 5.75 Å². The third-order valence-corrected chi connectivity index (χ3v) is 6.08. The zero-order valence-corrected chi connectivity index (χ0v) is 18.3. The van der Waals surface area contributed by atoms with E-state index in [9.17, 15) is 10.4 Å². The summed E-state index contributed by atoms with van der Waals surface area (Å²) in [5.41, 5.74) is 4.40. The van der Waals surface area contributed by atoms with Gasteiger partial charge in [-0.25, -0.2) is 0 Å². The molecule has 0 saturated heterocycles. The van der Waals surface area contributed by atoms with Crippen molar-refractivity contribution in [1.29, 1.82) is 5.26 Å². The van der Waals surface area contributed by atoms with Gasteiger partial charge in [0.1, 0.15) is 6.61 Å². The molecule has 1 N–H and O–H groups in total. The number of ether oxygens (including phenoxy) is 2. The van der Waals surface area contributed by atoms with Crippen LogP contribution < -0.4 is 9.47 Å². The molecule has 5 rings (SSSR count). The molecule has 33 heavy (non-hydrogen) atoms. The minimum atomic E-state index is -0.388. The number of benzene rings is 3. The molecular formula is C25H19N3O4S. The molecule has 164 valence electrons. The van der Waals surface area contributed by atoms with Crippen LogP contribution in [0.25, 0.3) is 22.6 Å². The lowest BCUT2D eigenvalue weighted by molar-refractivity contribution is 0.0457. The van der Waals surface area contributed by atoms with Crippen LogP contribution in [0, 0.1) is 11.3 Å². The van der Waals surface area contributed by atoms with Crippen LogP contribution in [0.3, 0.4) is 0 Å². The summed E-state index contributed by atoms with van der Waals surface area (Å²) in [6, 6.07) is 23.3. The molecule has 2 heterocycles. The molecule has 0 spiro atoms. The molecule has 1 atom stereocenters. The van der Waals surface area contributed by atoms with Gasteiger partial charge in [-0.1, -0.05) is 54.2 Å². The van der Waals surface area contributed by atoms with Crippen LogP contribution in [0.1, 0.15) is 11.1 Å². The number of fused-ring (bicyclic) bond motifs is 1. The summed E-state index contributed by atoms with van der Waals surface area (Å²) < 4.78 is 17.1. The van der Waals surface area contributed by atoms with Crippen LogP contribution >= 0.6 is 11.8 Å². The molecule has 0 amide bonds. The van der Waals surface area contributed by atoms with Crippen molar-refractivity contribution >= 4 is 11.8 Å². The maximum Gasteiger partial charge on any atom is 0.277 e. The first-order valence-electron chi connectivity index (χ1n) is 10.3. The Morgan fingerprint density at radius 3 is 2.64 bits per heavy atom. The summed E-state index contributed by atoms with van der Waals surface area (Å²) in [6.07, 6.45) is -0.388. The fraction of sp³-hybridized carbons (Fsp3) is 0.160. The Morgan fingerprint density at radius 2 is 1.82 bits per heavy atom. The van der Waals surface area contributed by atoms with Gasteiger partial charge < -0.3 is 19.0 Å². The zero-order chi connectivity index (χ0) is 22.6. The van der Waals surface area contributed by atoms with E-state index in [1.54, 1.807) is 12.1 Å². The highest BCUT2D eigenvalue weighted by Gasteiger charge is 2.22. The average Bonchev–Trinajstić information content (AvgIpc) is 3.36. The molecule has 8 heteroatoms. The van der Waals surface area contributed by atoms with E-state index in [0.717, 1.165) is 22.3 Å². The molecule has 0 fully saturated rings. The topological polar surface area (TPSA) is 101 Å². The Labute approximate surface area is 194 Å². The van der Waals surface area contributed by atoms with Crippen molar-refractivity contribution in [2.24, 2.45) is 0 Å². The number of nitrogens with zero attached hydrogens (tertiary/aromatic N) is 3. The van der Waals surface area contributed by atoms with Gasteiger partial charge in [0, 0.05) is 11.3 Å². The SMILES string of the molecule is N#Cc1ccccc1-c1ccc(CSc2nnc(-c3ccc4c(c3)O[C@H](CO)CO4)o2)cc1. The third-order valence-electron chi connectivity index (χ3n) is 5.19. The molecule has 7 nitrogen and oxygen atoms in total. The maximum absolute atomic E-state index is 9.31. The van der Waals surface area contributed by atoms with Crippen LogP contribution in [0.2, 0.25) is 0 Å². The van der Waals surface area contributed by atoms with Gasteiger partial charge in [-0.3, -0.25) is 0 Å². The van der Waals surface area contributed by atoms with Gasteiger partial charge in [0.25, 0.3) is 5.22 Å². The number of hydrogen-bond donors (Lipinski definition) is 1. The molecule has 1 aliphatic rings. The normalized spacial score (nSPS) is 14.6. The molecule has 4 aromatic rings. The number of hydrogen-bond acceptors (Lipinski definition) is 8.